The van der Waals surface area contributed by atoms with Gasteiger partial charge in [-0.1, -0.05) is 45.5 Å². The van der Waals surface area contributed by atoms with E-state index in [0.717, 1.165) is 25.8 Å². The minimum atomic E-state index is -0.848. The molecule has 1 atom stereocenters. The summed E-state index contributed by atoms with van der Waals surface area (Å²) in [7, 11) is 0. The van der Waals surface area contributed by atoms with Crippen LogP contribution in [0.4, 0.5) is 5.13 Å². The number of thiazole rings is 1. The molecule has 32 heavy (non-hydrogen) atoms. The third-order valence-corrected chi connectivity index (χ3v) is 6.88. The Morgan fingerprint density at radius 1 is 1.19 bits per heavy atom. The lowest BCUT2D eigenvalue weighted by atomic mass is 9.95. The molecular formula is C24H17BrN2O4S. The average Bonchev–Trinajstić information content (AvgIpc) is 3.47. The lowest BCUT2D eigenvalue weighted by molar-refractivity contribution is -0.117. The summed E-state index contributed by atoms with van der Waals surface area (Å²) in [6, 6.07) is 13.6. The number of benzene rings is 2. The molecule has 8 heteroatoms. The van der Waals surface area contributed by atoms with E-state index in [2.05, 4.69) is 15.9 Å². The number of carbonyl (C=O) groups is 2. The maximum Gasteiger partial charge on any atom is 0.296 e. The maximum absolute atomic E-state index is 13.3. The summed E-state index contributed by atoms with van der Waals surface area (Å²) in [6.07, 6.45) is 1.38. The lowest BCUT2D eigenvalue weighted by Gasteiger charge is -2.24. The van der Waals surface area contributed by atoms with Gasteiger partial charge in [-0.3, -0.25) is 14.5 Å². The van der Waals surface area contributed by atoms with E-state index in [1.54, 1.807) is 6.07 Å². The van der Waals surface area contributed by atoms with Gasteiger partial charge in [0, 0.05) is 4.47 Å². The van der Waals surface area contributed by atoms with Crippen LogP contribution in [0, 0.1) is 13.8 Å². The summed E-state index contributed by atoms with van der Waals surface area (Å²) in [4.78, 5) is 32.6. The first-order valence-corrected chi connectivity index (χ1v) is 11.4. The highest BCUT2D eigenvalue weighted by Crippen LogP contribution is 2.45. The number of aromatic nitrogens is 1. The third kappa shape index (κ3) is 3.27. The van der Waals surface area contributed by atoms with Crippen molar-refractivity contribution in [1.29, 1.82) is 0 Å². The molecule has 1 N–H and O–H groups in total. The lowest BCUT2D eigenvalue weighted by Crippen LogP contribution is -2.31. The maximum atomic E-state index is 13.3. The van der Waals surface area contributed by atoms with E-state index in [0.29, 0.717) is 10.7 Å². The molecule has 2 aromatic heterocycles. The van der Waals surface area contributed by atoms with Crippen molar-refractivity contribution in [2.75, 3.05) is 4.90 Å². The van der Waals surface area contributed by atoms with Crippen LogP contribution in [0.3, 0.4) is 0 Å². The normalized spacial score (nSPS) is 16.4. The van der Waals surface area contributed by atoms with Gasteiger partial charge in [-0.15, -0.1) is 0 Å². The molecule has 3 heterocycles. The van der Waals surface area contributed by atoms with E-state index in [-0.39, 0.29) is 11.3 Å². The molecule has 0 aliphatic carbocycles. The largest absolute Gasteiger partial charge is 0.503 e. The van der Waals surface area contributed by atoms with Gasteiger partial charge in [-0.25, -0.2) is 4.98 Å². The number of hydrogen-bond donors (Lipinski definition) is 1. The summed E-state index contributed by atoms with van der Waals surface area (Å²) in [6.45, 7) is 3.97. The zero-order valence-electron chi connectivity index (χ0n) is 17.1. The number of aliphatic hydroxyl groups is 1. The van der Waals surface area contributed by atoms with Gasteiger partial charge in [0.05, 0.1) is 28.1 Å². The van der Waals surface area contributed by atoms with Crippen LogP contribution in [0.15, 0.2) is 75.0 Å². The van der Waals surface area contributed by atoms with Gasteiger partial charge in [0.2, 0.25) is 5.78 Å². The van der Waals surface area contributed by atoms with E-state index in [1.807, 2.05) is 50.2 Å². The fourth-order valence-corrected chi connectivity index (χ4v) is 5.61. The van der Waals surface area contributed by atoms with Crippen molar-refractivity contribution >= 4 is 54.3 Å². The number of amides is 1. The molecule has 4 aromatic rings. The number of furan rings is 1. The second kappa shape index (κ2) is 7.72. The van der Waals surface area contributed by atoms with Crippen molar-refractivity contribution < 1.29 is 19.1 Å². The molecule has 0 spiro atoms. The number of rotatable bonds is 4. The van der Waals surface area contributed by atoms with Crippen molar-refractivity contribution in [2.45, 2.75) is 19.9 Å². The number of hydrogen-bond acceptors (Lipinski definition) is 6. The SMILES string of the molecule is Cc1cc(C)c2nc(N3C(=O)C(O)=C(C(=O)c4ccco4)[C@H]3c3cccc(Br)c3)sc2c1. The predicted octanol–water partition coefficient (Wildman–Crippen LogP) is 6.05. The fourth-order valence-electron chi connectivity index (χ4n) is 4.03. The number of aryl methyl sites for hydroxylation is 2. The van der Waals surface area contributed by atoms with Crippen LogP contribution < -0.4 is 4.90 Å². The smallest absolute Gasteiger partial charge is 0.296 e. The van der Waals surface area contributed by atoms with Crippen LogP contribution >= 0.6 is 27.3 Å². The minimum Gasteiger partial charge on any atom is -0.503 e. The first-order chi connectivity index (χ1) is 15.3. The molecule has 6 nitrogen and oxygen atoms in total. The molecule has 5 rings (SSSR count). The zero-order valence-corrected chi connectivity index (χ0v) is 19.5. The van der Waals surface area contributed by atoms with E-state index in [1.165, 1.54) is 28.6 Å². The summed E-state index contributed by atoms with van der Waals surface area (Å²) in [5, 5.41) is 11.2. The zero-order chi connectivity index (χ0) is 22.6. The minimum absolute atomic E-state index is 0.0322. The third-order valence-electron chi connectivity index (χ3n) is 5.39. The van der Waals surface area contributed by atoms with Gasteiger partial charge in [-0.2, -0.15) is 0 Å². The number of aliphatic hydroxyl groups excluding tert-OH is 1. The number of fused-ring (bicyclic) bond motifs is 1. The number of nitrogens with zero attached hydrogens (tertiary/aromatic N) is 2. The summed E-state index contributed by atoms with van der Waals surface area (Å²) >= 11 is 4.81. The van der Waals surface area contributed by atoms with Crippen molar-refractivity contribution in [2.24, 2.45) is 0 Å². The van der Waals surface area contributed by atoms with Gasteiger partial charge in [-0.05, 0) is 60.9 Å². The monoisotopic (exact) mass is 508 g/mol. The fraction of sp³-hybridized carbons (Fsp3) is 0.125. The van der Waals surface area contributed by atoms with Crippen LogP contribution in [0.1, 0.15) is 33.3 Å². The summed E-state index contributed by atoms with van der Waals surface area (Å²) in [5.41, 5.74) is 3.52. The second-order valence-electron chi connectivity index (χ2n) is 7.63. The predicted molar refractivity (Wildman–Crippen MR) is 126 cm³/mol. The molecule has 0 saturated heterocycles. The van der Waals surface area contributed by atoms with E-state index in [4.69, 9.17) is 9.40 Å². The van der Waals surface area contributed by atoms with Gasteiger partial charge in [0.25, 0.3) is 5.91 Å². The Labute approximate surface area is 195 Å². The van der Waals surface area contributed by atoms with Crippen molar-refractivity contribution in [3.63, 3.8) is 0 Å². The Hall–Kier alpha value is -3.23. The van der Waals surface area contributed by atoms with Gasteiger partial charge >= 0.3 is 0 Å². The van der Waals surface area contributed by atoms with Gasteiger partial charge < -0.3 is 9.52 Å². The molecule has 2 aromatic carbocycles. The van der Waals surface area contributed by atoms with Gasteiger partial charge in [0.15, 0.2) is 16.7 Å². The number of ketones is 1. The Morgan fingerprint density at radius 2 is 2.00 bits per heavy atom. The first kappa shape index (κ1) is 20.7. The van der Waals surface area contributed by atoms with Crippen molar-refractivity contribution in [1.82, 2.24) is 4.98 Å². The standard InChI is InChI=1S/C24H17BrN2O4S/c1-12-9-13(2)19-17(10-12)32-24(26-19)27-20(14-5-3-6-15(25)11-14)18(22(29)23(27)30)21(28)16-7-4-8-31-16/h3-11,20,29H,1-2H3/t20-/m1/s1. The Kier molecular flexibility index (Phi) is 4.98. The molecule has 0 unspecified atom stereocenters. The highest BCUT2D eigenvalue weighted by molar-refractivity contribution is 9.10. The molecule has 0 saturated carbocycles. The molecule has 1 amide bonds. The highest BCUT2D eigenvalue weighted by atomic mass is 79.9. The molecule has 0 bridgehead atoms. The summed E-state index contributed by atoms with van der Waals surface area (Å²) in [5.74, 6) is -1.75. The molecule has 1 aliphatic rings. The van der Waals surface area contributed by atoms with Crippen molar-refractivity contribution in [3.05, 3.63) is 93.0 Å². The van der Waals surface area contributed by atoms with Crippen molar-refractivity contribution in [3.8, 4) is 0 Å². The molecule has 0 radical (unpaired) electrons. The number of anilines is 1. The Morgan fingerprint density at radius 3 is 2.72 bits per heavy atom. The molecule has 1 aliphatic heterocycles. The Balaban J connectivity index is 1.71. The van der Waals surface area contributed by atoms with Gasteiger partial charge in [0.1, 0.15) is 0 Å². The van der Waals surface area contributed by atoms with Crippen LogP contribution in [-0.2, 0) is 4.79 Å². The van der Waals surface area contributed by atoms with Crippen LogP contribution in [0.2, 0.25) is 0 Å². The molecular weight excluding hydrogens is 492 g/mol. The topological polar surface area (TPSA) is 83.6 Å². The van der Waals surface area contributed by atoms with Crippen LogP contribution in [0.5, 0.6) is 0 Å². The van der Waals surface area contributed by atoms with Crippen LogP contribution in [-0.4, -0.2) is 21.8 Å². The molecule has 160 valence electrons. The van der Waals surface area contributed by atoms with Crippen LogP contribution in [0.25, 0.3) is 10.2 Å². The Bertz CT molecular complexity index is 1420. The first-order valence-electron chi connectivity index (χ1n) is 9.83. The number of carbonyl (C=O) groups excluding carboxylic acids is 2. The van der Waals surface area contributed by atoms with E-state index >= 15 is 0 Å². The highest BCUT2D eigenvalue weighted by Gasteiger charge is 2.46. The van der Waals surface area contributed by atoms with E-state index in [9.17, 15) is 14.7 Å². The average molecular weight is 509 g/mol. The molecule has 0 fully saturated rings. The number of Topliss-reactive ketones (excluding diaryl/α,β-unsaturated/α-hetero) is 1. The quantitative estimate of drug-likeness (QED) is 0.339. The van der Waals surface area contributed by atoms with E-state index < -0.39 is 23.5 Å². The number of halogens is 1. The summed E-state index contributed by atoms with van der Waals surface area (Å²) < 4.78 is 6.99. The second-order valence-corrected chi connectivity index (χ2v) is 9.55.